The number of hydrogen-bond acceptors (Lipinski definition) is 3. The molecule has 2 amide bonds. The van der Waals surface area contributed by atoms with E-state index in [1.807, 2.05) is 55.1 Å². The Morgan fingerprint density at radius 3 is 2.17 bits per heavy atom. The van der Waals surface area contributed by atoms with E-state index in [1.165, 1.54) is 11.3 Å². The Kier molecular flexibility index (Phi) is 6.91. The minimum absolute atomic E-state index is 0.0193. The van der Waals surface area contributed by atoms with Crippen LogP contribution in [0.3, 0.4) is 0 Å². The molecule has 1 atom stereocenters. The third-order valence-corrected chi connectivity index (χ3v) is 5.50. The first-order chi connectivity index (χ1) is 14.0. The first-order valence-electron chi connectivity index (χ1n) is 10.4. The van der Waals surface area contributed by atoms with E-state index in [2.05, 4.69) is 35.3 Å². The number of benzene rings is 2. The zero-order chi connectivity index (χ0) is 20.8. The molecule has 29 heavy (non-hydrogen) atoms. The van der Waals surface area contributed by atoms with Crippen LogP contribution in [0.5, 0.6) is 0 Å². The molecule has 1 saturated heterocycles. The summed E-state index contributed by atoms with van der Waals surface area (Å²) < 4.78 is 0. The van der Waals surface area contributed by atoms with Gasteiger partial charge in [0, 0.05) is 31.9 Å². The smallest absolute Gasteiger partial charge is 0.245 e. The summed E-state index contributed by atoms with van der Waals surface area (Å²) in [5.41, 5.74) is 3.43. The highest BCUT2D eigenvalue weighted by atomic mass is 16.2. The molecule has 1 unspecified atom stereocenters. The highest BCUT2D eigenvalue weighted by Crippen LogP contribution is 2.21. The average molecular weight is 394 g/mol. The largest absolute Gasteiger partial charge is 0.368 e. The summed E-state index contributed by atoms with van der Waals surface area (Å²) in [5.74, 6) is -0.0516. The van der Waals surface area contributed by atoms with Gasteiger partial charge in [-0.15, -0.1) is 0 Å². The highest BCUT2D eigenvalue weighted by Gasteiger charge is 2.30. The number of nitrogens with one attached hydrogen (secondary N) is 1. The fraction of sp³-hybridized carbons (Fsp3) is 0.417. The molecule has 154 valence electrons. The van der Waals surface area contributed by atoms with Gasteiger partial charge in [0.2, 0.25) is 11.8 Å². The maximum Gasteiger partial charge on any atom is 0.245 e. The molecule has 1 fully saturated rings. The van der Waals surface area contributed by atoms with Crippen LogP contribution in [-0.4, -0.2) is 48.9 Å². The molecule has 3 rings (SSSR count). The molecule has 5 heteroatoms. The molecule has 0 spiro atoms. The monoisotopic (exact) mass is 393 g/mol. The lowest BCUT2D eigenvalue weighted by Gasteiger charge is -2.38. The topological polar surface area (TPSA) is 52.6 Å². The molecule has 1 N–H and O–H groups in total. The molecular weight excluding hydrogens is 362 g/mol. The van der Waals surface area contributed by atoms with Crippen molar-refractivity contribution in [3.05, 3.63) is 65.7 Å². The van der Waals surface area contributed by atoms with Crippen molar-refractivity contribution in [1.29, 1.82) is 0 Å². The quantitative estimate of drug-likeness (QED) is 0.821. The second-order valence-electron chi connectivity index (χ2n) is 8.05. The van der Waals surface area contributed by atoms with Gasteiger partial charge < -0.3 is 15.1 Å². The van der Waals surface area contributed by atoms with Gasteiger partial charge in [0.1, 0.15) is 6.04 Å². The van der Waals surface area contributed by atoms with Crippen molar-refractivity contribution < 1.29 is 9.59 Å². The summed E-state index contributed by atoms with van der Waals surface area (Å²) in [5, 5.41) is 2.97. The number of amides is 2. The summed E-state index contributed by atoms with van der Waals surface area (Å²) in [6.07, 6.45) is 0.290. The van der Waals surface area contributed by atoms with Gasteiger partial charge in [0.15, 0.2) is 0 Å². The predicted molar refractivity (Wildman–Crippen MR) is 117 cm³/mol. The third-order valence-electron chi connectivity index (χ3n) is 5.50. The first-order valence-corrected chi connectivity index (χ1v) is 10.4. The number of rotatable bonds is 6. The number of carbonyl (C=O) groups excluding carboxylic acids is 2. The van der Waals surface area contributed by atoms with Crippen molar-refractivity contribution in [3.8, 4) is 0 Å². The van der Waals surface area contributed by atoms with E-state index < -0.39 is 6.04 Å². The molecule has 1 aliphatic rings. The molecule has 0 saturated carbocycles. The van der Waals surface area contributed by atoms with Gasteiger partial charge in [-0.05, 0) is 30.0 Å². The minimum Gasteiger partial charge on any atom is -0.368 e. The summed E-state index contributed by atoms with van der Waals surface area (Å²) >= 11 is 0. The second kappa shape index (κ2) is 9.59. The number of nitrogens with zero attached hydrogens (tertiary/aromatic N) is 2. The summed E-state index contributed by atoms with van der Waals surface area (Å²) in [6.45, 7) is 9.03. The minimum atomic E-state index is -0.490. The van der Waals surface area contributed by atoms with Crippen LogP contribution in [0.2, 0.25) is 0 Å². The zero-order valence-corrected chi connectivity index (χ0v) is 17.6. The molecule has 1 heterocycles. The fourth-order valence-corrected chi connectivity index (χ4v) is 3.80. The van der Waals surface area contributed by atoms with Gasteiger partial charge in [0.05, 0.1) is 6.42 Å². The van der Waals surface area contributed by atoms with Crippen LogP contribution in [0.25, 0.3) is 0 Å². The van der Waals surface area contributed by atoms with Crippen LogP contribution in [0.1, 0.15) is 25.0 Å². The van der Waals surface area contributed by atoms with E-state index in [0.717, 1.165) is 18.7 Å². The lowest BCUT2D eigenvalue weighted by Crippen LogP contribution is -2.56. The Morgan fingerprint density at radius 1 is 0.931 bits per heavy atom. The van der Waals surface area contributed by atoms with Crippen LogP contribution in [0.4, 0.5) is 5.69 Å². The van der Waals surface area contributed by atoms with E-state index in [-0.39, 0.29) is 17.7 Å². The van der Waals surface area contributed by atoms with Crippen LogP contribution >= 0.6 is 0 Å². The van der Waals surface area contributed by atoms with E-state index in [9.17, 15) is 9.59 Å². The van der Waals surface area contributed by atoms with Crippen molar-refractivity contribution >= 4 is 17.5 Å². The van der Waals surface area contributed by atoms with Crippen molar-refractivity contribution in [1.82, 2.24) is 10.2 Å². The Balaban J connectivity index is 1.58. The van der Waals surface area contributed by atoms with Crippen molar-refractivity contribution in [2.24, 2.45) is 5.92 Å². The fourth-order valence-electron chi connectivity index (χ4n) is 3.80. The normalized spacial score (nSPS) is 15.3. The zero-order valence-electron chi connectivity index (χ0n) is 17.6. The number of carbonyl (C=O) groups is 2. The predicted octanol–water partition coefficient (Wildman–Crippen LogP) is 3.03. The molecule has 2 aromatic rings. The molecule has 0 aromatic heterocycles. The number of aryl methyl sites for hydroxylation is 1. The van der Waals surface area contributed by atoms with Gasteiger partial charge in [-0.3, -0.25) is 9.59 Å². The Morgan fingerprint density at radius 2 is 1.55 bits per heavy atom. The van der Waals surface area contributed by atoms with Crippen molar-refractivity contribution in [3.63, 3.8) is 0 Å². The molecule has 0 aliphatic carbocycles. The molecule has 0 bridgehead atoms. The lowest BCUT2D eigenvalue weighted by atomic mass is 10.0. The van der Waals surface area contributed by atoms with Gasteiger partial charge in [0.25, 0.3) is 0 Å². The maximum atomic E-state index is 13.1. The van der Waals surface area contributed by atoms with Crippen LogP contribution in [0.15, 0.2) is 54.6 Å². The van der Waals surface area contributed by atoms with E-state index in [1.54, 1.807) is 0 Å². The average Bonchev–Trinajstić information content (AvgIpc) is 2.72. The van der Waals surface area contributed by atoms with E-state index in [4.69, 9.17) is 0 Å². The summed E-state index contributed by atoms with van der Waals surface area (Å²) in [4.78, 5) is 29.9. The van der Waals surface area contributed by atoms with Crippen LogP contribution < -0.4 is 10.2 Å². The second-order valence-corrected chi connectivity index (χ2v) is 8.05. The Hall–Kier alpha value is -2.82. The van der Waals surface area contributed by atoms with Gasteiger partial charge in [-0.25, -0.2) is 0 Å². The van der Waals surface area contributed by atoms with Gasteiger partial charge >= 0.3 is 0 Å². The molecule has 2 aromatic carbocycles. The number of anilines is 1. The standard InChI is InChI=1S/C24H31N3O2/c1-18(2)23(25-22(28)17-20-10-5-4-6-11-20)24(29)27-15-13-26(14-16-27)21-12-8-7-9-19(21)3/h4-12,18,23H,13-17H2,1-3H3,(H,25,28). The van der Waals surface area contributed by atoms with Gasteiger partial charge in [-0.1, -0.05) is 62.4 Å². The highest BCUT2D eigenvalue weighted by molar-refractivity contribution is 5.88. The third kappa shape index (κ3) is 5.37. The van der Waals surface area contributed by atoms with E-state index >= 15 is 0 Å². The van der Waals surface area contributed by atoms with Crippen LogP contribution in [-0.2, 0) is 16.0 Å². The Bertz CT molecular complexity index is 827. The molecule has 1 aliphatic heterocycles. The molecule has 5 nitrogen and oxygen atoms in total. The Labute approximate surface area is 173 Å². The first kappa shape index (κ1) is 20.9. The molecular formula is C24H31N3O2. The van der Waals surface area contributed by atoms with E-state index in [0.29, 0.717) is 19.5 Å². The van der Waals surface area contributed by atoms with Crippen LogP contribution in [0, 0.1) is 12.8 Å². The SMILES string of the molecule is Cc1ccccc1N1CCN(C(=O)C(NC(=O)Cc2ccccc2)C(C)C)CC1. The lowest BCUT2D eigenvalue weighted by molar-refractivity contribution is -0.137. The van der Waals surface area contributed by atoms with Gasteiger partial charge in [-0.2, -0.15) is 0 Å². The summed E-state index contributed by atoms with van der Waals surface area (Å²) in [7, 11) is 0. The van der Waals surface area contributed by atoms with Crippen molar-refractivity contribution in [2.45, 2.75) is 33.2 Å². The maximum absolute atomic E-state index is 13.1. The number of para-hydroxylation sites is 1. The number of hydrogen-bond donors (Lipinski definition) is 1. The molecule has 0 radical (unpaired) electrons. The van der Waals surface area contributed by atoms with Crippen molar-refractivity contribution in [2.75, 3.05) is 31.1 Å². The number of piperazine rings is 1. The summed E-state index contributed by atoms with van der Waals surface area (Å²) in [6, 6.07) is 17.5.